The summed E-state index contributed by atoms with van der Waals surface area (Å²) in [4.78, 5) is 1.50. The van der Waals surface area contributed by atoms with Gasteiger partial charge in [-0.15, -0.1) is 11.3 Å². The van der Waals surface area contributed by atoms with Crippen LogP contribution in [0.5, 0.6) is 0 Å². The first kappa shape index (κ1) is 13.0. The largest absolute Gasteiger partial charge is 1.00 e. The molecule has 0 unspecified atom stereocenters. The lowest BCUT2D eigenvalue weighted by Crippen LogP contribution is -3.00. The highest BCUT2D eigenvalue weighted by Crippen LogP contribution is 2.53. The van der Waals surface area contributed by atoms with Gasteiger partial charge in [-0.2, -0.15) is 0 Å². The molecule has 4 aliphatic rings. The molecular weight excluding hydrogens is 262 g/mol. The first-order valence-electron chi connectivity index (χ1n) is 7.14. The van der Waals surface area contributed by atoms with Crippen molar-refractivity contribution in [2.24, 2.45) is 23.7 Å². The summed E-state index contributed by atoms with van der Waals surface area (Å²) in [6.45, 7) is 1.10. The van der Waals surface area contributed by atoms with Gasteiger partial charge in [0.25, 0.3) is 0 Å². The van der Waals surface area contributed by atoms with Crippen LogP contribution in [0, 0.1) is 23.7 Å². The third-order valence-electron chi connectivity index (χ3n) is 5.32. The Labute approximate surface area is 120 Å². The van der Waals surface area contributed by atoms with Gasteiger partial charge in [0.05, 0.1) is 0 Å². The normalized spacial score (nSPS) is 40.8. The van der Waals surface area contributed by atoms with E-state index < -0.39 is 0 Å². The minimum absolute atomic E-state index is 0. The van der Waals surface area contributed by atoms with E-state index in [1.54, 1.807) is 6.42 Å². The lowest BCUT2D eigenvalue weighted by molar-refractivity contribution is -0.0141. The van der Waals surface area contributed by atoms with Crippen molar-refractivity contribution in [3.05, 3.63) is 22.4 Å². The Morgan fingerprint density at radius 2 is 1.72 bits per heavy atom. The summed E-state index contributed by atoms with van der Waals surface area (Å²) in [5.41, 5.74) is 0. The van der Waals surface area contributed by atoms with E-state index in [1.165, 1.54) is 30.6 Å². The Morgan fingerprint density at radius 3 is 2.28 bits per heavy atom. The molecule has 0 atom stereocenters. The highest BCUT2D eigenvalue weighted by atomic mass is 35.5. The maximum Gasteiger partial charge on any atom is 0.0302 e. The smallest absolute Gasteiger partial charge is 0.0302 e. The maximum absolute atomic E-state index is 3.88. The monoisotopic (exact) mass is 282 g/mol. The summed E-state index contributed by atoms with van der Waals surface area (Å²) in [6, 6.07) is 5.26. The highest BCUT2D eigenvalue weighted by Gasteiger charge is 2.47. The van der Waals surface area contributed by atoms with E-state index >= 15 is 0 Å². The molecule has 4 bridgehead atoms. The fourth-order valence-electron chi connectivity index (χ4n) is 4.89. The van der Waals surface area contributed by atoms with Crippen molar-refractivity contribution < 1.29 is 12.4 Å². The topological polar surface area (TPSA) is 12.0 Å². The predicted octanol–water partition coefficient (Wildman–Crippen LogP) is 0.666. The number of halogens is 1. The van der Waals surface area contributed by atoms with Gasteiger partial charge in [0.2, 0.25) is 0 Å². The van der Waals surface area contributed by atoms with Gasteiger partial charge in [0.15, 0.2) is 0 Å². The molecule has 1 heterocycles. The maximum atomic E-state index is 3.88. The molecule has 0 amide bonds. The van der Waals surface area contributed by atoms with Gasteiger partial charge in [-0.1, -0.05) is 6.07 Å². The van der Waals surface area contributed by atoms with Crippen molar-refractivity contribution in [3.8, 4) is 0 Å². The first-order chi connectivity index (χ1) is 8.38. The highest BCUT2D eigenvalue weighted by molar-refractivity contribution is 7.09. The van der Waals surface area contributed by atoms with Crippen molar-refractivity contribution in [2.75, 3.05) is 0 Å². The van der Waals surface area contributed by atoms with Crippen LogP contribution >= 0.6 is 11.3 Å². The Balaban J connectivity index is 0.000001000. The molecule has 0 radical (unpaired) electrons. The molecule has 0 saturated heterocycles. The van der Waals surface area contributed by atoms with Gasteiger partial charge in [-0.25, -0.2) is 0 Å². The van der Waals surface area contributed by atoms with E-state index in [0.717, 1.165) is 36.3 Å². The zero-order valence-electron chi connectivity index (χ0n) is 10.6. The minimum Gasteiger partial charge on any atom is -1.00 e. The van der Waals surface area contributed by atoms with E-state index in [2.05, 4.69) is 22.8 Å². The van der Waals surface area contributed by atoms with E-state index in [0.29, 0.717) is 0 Å². The second-order valence-electron chi connectivity index (χ2n) is 6.42. The van der Waals surface area contributed by atoms with Crippen LogP contribution in [0.25, 0.3) is 0 Å². The van der Waals surface area contributed by atoms with Crippen molar-refractivity contribution in [1.82, 2.24) is 5.32 Å². The summed E-state index contributed by atoms with van der Waals surface area (Å²) in [5, 5.41) is 6.07. The third kappa shape index (κ3) is 2.23. The fourth-order valence-corrected chi connectivity index (χ4v) is 5.55. The third-order valence-corrected chi connectivity index (χ3v) is 6.20. The van der Waals surface area contributed by atoms with Gasteiger partial charge in [0, 0.05) is 17.5 Å². The second kappa shape index (κ2) is 5.15. The Bertz CT molecular complexity index is 361. The fraction of sp³-hybridized carbons (Fsp3) is 0.733. The number of hydrogen-bond acceptors (Lipinski definition) is 2. The molecule has 4 fully saturated rings. The zero-order chi connectivity index (χ0) is 11.2. The molecule has 5 rings (SSSR count). The predicted molar refractivity (Wildman–Crippen MR) is 72.0 cm³/mol. The minimum atomic E-state index is 0. The molecule has 1 aromatic heterocycles. The molecule has 18 heavy (non-hydrogen) atoms. The summed E-state index contributed by atoms with van der Waals surface area (Å²) in [6.07, 6.45) is 7.65. The quantitative estimate of drug-likeness (QED) is 0.859. The van der Waals surface area contributed by atoms with Gasteiger partial charge in [0.1, 0.15) is 0 Å². The van der Waals surface area contributed by atoms with Crippen LogP contribution in [0.2, 0.25) is 0 Å². The number of nitrogens with one attached hydrogen (secondary N) is 1. The van der Waals surface area contributed by atoms with Crippen LogP contribution in [-0.2, 0) is 6.54 Å². The van der Waals surface area contributed by atoms with Crippen LogP contribution < -0.4 is 17.7 Å². The zero-order valence-corrected chi connectivity index (χ0v) is 12.2. The van der Waals surface area contributed by atoms with E-state index in [-0.39, 0.29) is 12.4 Å². The molecule has 1 aromatic rings. The summed E-state index contributed by atoms with van der Waals surface area (Å²) in [7, 11) is 0. The number of hydrogen-bond donors (Lipinski definition) is 1. The van der Waals surface area contributed by atoms with Crippen LogP contribution in [0.4, 0.5) is 0 Å². The molecule has 1 nitrogen and oxygen atoms in total. The number of rotatable bonds is 3. The van der Waals surface area contributed by atoms with Crippen molar-refractivity contribution in [3.63, 3.8) is 0 Å². The van der Waals surface area contributed by atoms with Crippen molar-refractivity contribution in [2.45, 2.75) is 44.7 Å². The van der Waals surface area contributed by atoms with Gasteiger partial charge in [-0.05, 0) is 67.2 Å². The van der Waals surface area contributed by atoms with Crippen LogP contribution in [0.3, 0.4) is 0 Å². The second-order valence-corrected chi connectivity index (χ2v) is 7.45. The van der Waals surface area contributed by atoms with Gasteiger partial charge >= 0.3 is 0 Å². The first-order valence-corrected chi connectivity index (χ1v) is 8.02. The van der Waals surface area contributed by atoms with E-state index in [1.807, 2.05) is 11.3 Å². The lowest BCUT2D eigenvalue weighted by Gasteiger charge is -2.54. The standard InChI is InChI=1S/C15H21NS.ClH/c1-2-14(17-3-1)9-16-15-12-5-10-4-11(7-12)8-13(15)6-10;/h1-3,10-13,15-16H,4-9H2;1H/p-1. The molecule has 1 N–H and O–H groups in total. The summed E-state index contributed by atoms with van der Waals surface area (Å²) in [5.74, 6) is 4.20. The Kier molecular flexibility index (Phi) is 3.70. The lowest BCUT2D eigenvalue weighted by atomic mass is 9.54. The van der Waals surface area contributed by atoms with Gasteiger partial charge < -0.3 is 17.7 Å². The Morgan fingerprint density at radius 1 is 1.06 bits per heavy atom. The van der Waals surface area contributed by atoms with Crippen molar-refractivity contribution >= 4 is 11.3 Å². The molecular formula is C15H21ClNS-. The molecule has 4 saturated carbocycles. The molecule has 100 valence electrons. The Hall–Kier alpha value is -0.0500. The molecule has 0 aliphatic heterocycles. The molecule has 0 spiro atoms. The molecule has 3 heteroatoms. The summed E-state index contributed by atoms with van der Waals surface area (Å²) >= 11 is 1.89. The van der Waals surface area contributed by atoms with Gasteiger partial charge in [-0.3, -0.25) is 0 Å². The summed E-state index contributed by atoms with van der Waals surface area (Å²) < 4.78 is 0. The van der Waals surface area contributed by atoms with Crippen LogP contribution in [-0.4, -0.2) is 6.04 Å². The SMILES string of the molecule is [Cl-].c1csc(CNC2C3CC4CC(C3)CC2C4)c1. The van der Waals surface area contributed by atoms with E-state index in [4.69, 9.17) is 0 Å². The van der Waals surface area contributed by atoms with Crippen LogP contribution in [0.15, 0.2) is 17.5 Å². The average Bonchev–Trinajstić information content (AvgIpc) is 2.80. The average molecular weight is 283 g/mol. The van der Waals surface area contributed by atoms with Crippen LogP contribution in [0.1, 0.15) is 37.0 Å². The molecule has 0 aromatic carbocycles. The molecule has 4 aliphatic carbocycles. The van der Waals surface area contributed by atoms with E-state index in [9.17, 15) is 0 Å². The van der Waals surface area contributed by atoms with Crippen molar-refractivity contribution in [1.29, 1.82) is 0 Å². The number of thiophene rings is 1.